The maximum Gasteiger partial charge on any atom is 0.223 e. The minimum atomic E-state index is -0.889. The van der Waals surface area contributed by atoms with Crippen molar-refractivity contribution in [2.45, 2.75) is 37.8 Å². The summed E-state index contributed by atoms with van der Waals surface area (Å²) in [7, 11) is 4.29. The molecule has 2 aliphatic rings. The standard InChI is InChI=1S/C30H35F2N5O5/c1-6-19(38)11-18-15-42-16-21(18)35-29-33-14-17-12-20(24-25(31)22(39-3)13-23(40-4)26(24)32)34-28(27(17)36-29)37-9-7-30(2,41-5)8-10-37/h6,12-14,18,21H,1,7-11,15-16H2,2-5H3,(H,33,35,36)/t18-,21+/m0/s1. The number of halogens is 2. The predicted molar refractivity (Wildman–Crippen MR) is 154 cm³/mol. The number of carbonyl (C=O) groups excluding carboxylic acids is 1. The average molecular weight is 584 g/mol. The lowest BCUT2D eigenvalue weighted by Gasteiger charge is -2.39. The van der Waals surface area contributed by atoms with Crippen molar-refractivity contribution in [3.63, 3.8) is 0 Å². The number of carbonyl (C=O) groups is 1. The first-order valence-electron chi connectivity index (χ1n) is 13.8. The number of fused-ring (bicyclic) bond motifs is 1. The van der Waals surface area contributed by atoms with Crippen molar-refractivity contribution in [3.8, 4) is 22.8 Å². The second-order valence-corrected chi connectivity index (χ2v) is 10.8. The molecule has 2 aromatic heterocycles. The Morgan fingerprint density at radius 1 is 1.14 bits per heavy atom. The average Bonchev–Trinajstić information content (AvgIpc) is 3.43. The number of nitrogens with one attached hydrogen (secondary N) is 1. The van der Waals surface area contributed by atoms with E-state index in [-0.39, 0.29) is 46.1 Å². The summed E-state index contributed by atoms with van der Waals surface area (Å²) in [6.07, 6.45) is 4.66. The van der Waals surface area contributed by atoms with Gasteiger partial charge in [-0.05, 0) is 31.9 Å². The fraction of sp³-hybridized carbons (Fsp3) is 0.467. The van der Waals surface area contributed by atoms with Crippen molar-refractivity contribution in [1.29, 1.82) is 0 Å². The Balaban J connectivity index is 1.59. The van der Waals surface area contributed by atoms with E-state index in [9.17, 15) is 4.79 Å². The van der Waals surface area contributed by atoms with Crippen molar-refractivity contribution in [2.24, 2.45) is 5.92 Å². The van der Waals surface area contributed by atoms with E-state index in [0.717, 1.165) is 18.9 Å². The monoisotopic (exact) mass is 583 g/mol. The van der Waals surface area contributed by atoms with Gasteiger partial charge in [0.1, 0.15) is 5.52 Å². The number of rotatable bonds is 10. The second-order valence-electron chi connectivity index (χ2n) is 10.8. The zero-order chi connectivity index (χ0) is 30.0. The number of methoxy groups -OCH3 is 3. The van der Waals surface area contributed by atoms with E-state index >= 15 is 8.78 Å². The van der Waals surface area contributed by atoms with E-state index in [1.54, 1.807) is 19.4 Å². The lowest BCUT2D eigenvalue weighted by atomic mass is 9.93. The van der Waals surface area contributed by atoms with Crippen LogP contribution in [-0.2, 0) is 14.3 Å². The highest BCUT2D eigenvalue weighted by molar-refractivity contribution is 5.92. The lowest BCUT2D eigenvalue weighted by Crippen LogP contribution is -2.44. The van der Waals surface area contributed by atoms with Gasteiger partial charge >= 0.3 is 0 Å². The molecular weight excluding hydrogens is 548 g/mol. The summed E-state index contributed by atoms with van der Waals surface area (Å²) in [5.41, 5.74) is -0.0790. The number of hydrogen-bond donors (Lipinski definition) is 1. The highest BCUT2D eigenvalue weighted by Gasteiger charge is 2.33. The summed E-state index contributed by atoms with van der Waals surface area (Å²) < 4.78 is 52.7. The third-order valence-corrected chi connectivity index (χ3v) is 8.19. The molecule has 0 bridgehead atoms. The SMILES string of the molecule is C=CC(=O)C[C@H]1COC[C@H]1Nc1ncc2cc(-c3c(F)c(OC)cc(OC)c3F)nc(N3CCC(C)(OC)CC3)c2n1. The van der Waals surface area contributed by atoms with Gasteiger partial charge in [0, 0.05) is 50.2 Å². The molecule has 224 valence electrons. The van der Waals surface area contributed by atoms with Crippen LogP contribution in [0, 0.1) is 17.6 Å². The molecule has 12 heteroatoms. The number of allylic oxidation sites excluding steroid dienone is 1. The predicted octanol–water partition coefficient (Wildman–Crippen LogP) is 4.56. The fourth-order valence-corrected chi connectivity index (χ4v) is 5.41. The highest BCUT2D eigenvalue weighted by atomic mass is 19.1. The maximum absolute atomic E-state index is 15.5. The van der Waals surface area contributed by atoms with E-state index in [4.69, 9.17) is 28.9 Å². The van der Waals surface area contributed by atoms with Gasteiger partial charge in [-0.1, -0.05) is 6.58 Å². The van der Waals surface area contributed by atoms with Gasteiger partial charge in [0.25, 0.3) is 0 Å². The molecule has 0 saturated carbocycles. The van der Waals surface area contributed by atoms with Crippen LogP contribution < -0.4 is 19.7 Å². The van der Waals surface area contributed by atoms with Crippen LogP contribution in [0.2, 0.25) is 0 Å². The van der Waals surface area contributed by atoms with E-state index in [2.05, 4.69) is 23.8 Å². The van der Waals surface area contributed by atoms with Gasteiger partial charge in [-0.15, -0.1) is 0 Å². The lowest BCUT2D eigenvalue weighted by molar-refractivity contribution is -0.115. The third-order valence-electron chi connectivity index (χ3n) is 8.19. The summed E-state index contributed by atoms with van der Waals surface area (Å²) in [4.78, 5) is 28.1. The van der Waals surface area contributed by atoms with E-state index < -0.39 is 11.6 Å². The van der Waals surface area contributed by atoms with Crippen molar-refractivity contribution in [2.75, 3.05) is 57.8 Å². The number of aromatic nitrogens is 3. The fourth-order valence-electron chi connectivity index (χ4n) is 5.41. The van der Waals surface area contributed by atoms with Crippen LogP contribution in [0.5, 0.6) is 11.5 Å². The van der Waals surface area contributed by atoms with Gasteiger partial charge < -0.3 is 29.2 Å². The van der Waals surface area contributed by atoms with Crippen LogP contribution in [0.25, 0.3) is 22.2 Å². The van der Waals surface area contributed by atoms with Gasteiger partial charge in [0.05, 0.1) is 50.3 Å². The molecule has 4 heterocycles. The first-order valence-corrected chi connectivity index (χ1v) is 13.8. The number of anilines is 2. The van der Waals surface area contributed by atoms with Crippen LogP contribution in [0.15, 0.2) is 31.0 Å². The van der Waals surface area contributed by atoms with Crippen molar-refractivity contribution in [3.05, 3.63) is 42.6 Å². The number of pyridine rings is 1. The number of ether oxygens (including phenoxy) is 4. The molecule has 1 aromatic carbocycles. The van der Waals surface area contributed by atoms with Crippen LogP contribution in [0.1, 0.15) is 26.2 Å². The third kappa shape index (κ3) is 5.73. The Hall–Kier alpha value is -3.90. The summed E-state index contributed by atoms with van der Waals surface area (Å²) in [5.74, 6) is -1.43. The van der Waals surface area contributed by atoms with Crippen molar-refractivity contribution < 1.29 is 32.5 Å². The summed E-state index contributed by atoms with van der Waals surface area (Å²) in [6, 6.07) is 2.54. The maximum atomic E-state index is 15.5. The molecule has 10 nitrogen and oxygen atoms in total. The van der Waals surface area contributed by atoms with Gasteiger partial charge in [-0.25, -0.2) is 23.7 Å². The molecule has 0 amide bonds. The highest BCUT2D eigenvalue weighted by Crippen LogP contribution is 2.40. The van der Waals surface area contributed by atoms with Crippen molar-refractivity contribution in [1.82, 2.24) is 15.0 Å². The van der Waals surface area contributed by atoms with Gasteiger partial charge in [-0.3, -0.25) is 4.79 Å². The molecule has 3 aromatic rings. The molecule has 0 spiro atoms. The van der Waals surface area contributed by atoms with Crippen LogP contribution in [0.3, 0.4) is 0 Å². The zero-order valence-corrected chi connectivity index (χ0v) is 24.2. The Labute approximate surface area is 243 Å². The number of piperidine rings is 1. The molecule has 1 N–H and O–H groups in total. The molecule has 2 fully saturated rings. The molecule has 0 radical (unpaired) electrons. The molecule has 0 aliphatic carbocycles. The van der Waals surface area contributed by atoms with Crippen LogP contribution >= 0.6 is 0 Å². The van der Waals surface area contributed by atoms with Gasteiger partial charge in [0.2, 0.25) is 5.95 Å². The molecular formula is C30H35F2N5O5. The first-order chi connectivity index (χ1) is 20.2. The number of ketones is 1. The minimum absolute atomic E-state index is 0.0567. The largest absolute Gasteiger partial charge is 0.494 e. The molecule has 2 saturated heterocycles. The molecule has 0 unspecified atom stereocenters. The smallest absolute Gasteiger partial charge is 0.223 e. The Bertz CT molecular complexity index is 1470. The van der Waals surface area contributed by atoms with E-state index in [0.29, 0.717) is 55.4 Å². The van der Waals surface area contributed by atoms with Crippen LogP contribution in [-0.4, -0.2) is 80.0 Å². The Morgan fingerprint density at radius 2 is 1.83 bits per heavy atom. The van der Waals surface area contributed by atoms with E-state index in [1.807, 2.05) is 4.90 Å². The van der Waals surface area contributed by atoms with E-state index in [1.165, 1.54) is 20.3 Å². The summed E-state index contributed by atoms with van der Waals surface area (Å²) in [6.45, 7) is 7.64. The number of nitrogens with zero attached hydrogens (tertiary/aromatic N) is 4. The molecule has 2 atom stereocenters. The molecule has 5 rings (SSSR count). The minimum Gasteiger partial charge on any atom is -0.494 e. The van der Waals surface area contributed by atoms with Gasteiger partial charge in [0.15, 0.2) is 34.7 Å². The Kier molecular flexibility index (Phi) is 8.55. The topological polar surface area (TPSA) is 108 Å². The number of benzene rings is 1. The normalized spacial score (nSPS) is 20.0. The second kappa shape index (κ2) is 12.1. The number of hydrogen-bond acceptors (Lipinski definition) is 10. The van der Waals surface area contributed by atoms with Crippen molar-refractivity contribution >= 4 is 28.5 Å². The van der Waals surface area contributed by atoms with Gasteiger partial charge in [-0.2, -0.15) is 0 Å². The zero-order valence-electron chi connectivity index (χ0n) is 24.2. The quantitative estimate of drug-likeness (QED) is 0.341. The Morgan fingerprint density at radius 3 is 2.45 bits per heavy atom. The summed E-state index contributed by atoms with van der Waals surface area (Å²) >= 11 is 0. The first kappa shape index (κ1) is 29.6. The molecule has 42 heavy (non-hydrogen) atoms. The van der Waals surface area contributed by atoms with Crippen LogP contribution in [0.4, 0.5) is 20.5 Å². The molecule has 2 aliphatic heterocycles. The summed E-state index contributed by atoms with van der Waals surface area (Å²) in [5, 5.41) is 3.85.